The SMILES string of the molecule is CBc1ccc(S(=O)(=O)c2ccc(C)cc2)cc1. The van der Waals surface area contributed by atoms with E-state index in [2.05, 4.69) is 0 Å². The highest BCUT2D eigenvalue weighted by Gasteiger charge is 2.16. The van der Waals surface area contributed by atoms with E-state index in [1.165, 1.54) is 0 Å². The fourth-order valence-corrected chi connectivity index (χ4v) is 3.02. The van der Waals surface area contributed by atoms with Gasteiger partial charge in [-0.25, -0.2) is 8.42 Å². The van der Waals surface area contributed by atoms with E-state index in [0.717, 1.165) is 18.3 Å². The maximum Gasteiger partial charge on any atom is 0.206 e. The summed E-state index contributed by atoms with van der Waals surface area (Å²) in [5.41, 5.74) is 2.19. The lowest BCUT2D eigenvalue weighted by Gasteiger charge is -2.05. The molecule has 0 atom stereocenters. The van der Waals surface area contributed by atoms with Crippen LogP contribution in [0.2, 0.25) is 6.82 Å². The van der Waals surface area contributed by atoms with E-state index in [0.29, 0.717) is 9.79 Å². The quantitative estimate of drug-likeness (QED) is 0.788. The van der Waals surface area contributed by atoms with Gasteiger partial charge in [-0.05, 0) is 31.2 Å². The topological polar surface area (TPSA) is 34.1 Å². The maximum atomic E-state index is 12.3. The van der Waals surface area contributed by atoms with Gasteiger partial charge in [0.15, 0.2) is 7.28 Å². The van der Waals surface area contributed by atoms with Crippen LogP contribution in [0.4, 0.5) is 0 Å². The van der Waals surface area contributed by atoms with E-state index >= 15 is 0 Å². The summed E-state index contributed by atoms with van der Waals surface area (Å²) in [7, 11) is -2.47. The van der Waals surface area contributed by atoms with E-state index in [1.807, 2.05) is 38.0 Å². The Morgan fingerprint density at radius 2 is 1.28 bits per heavy atom. The molecule has 0 spiro atoms. The Morgan fingerprint density at radius 3 is 1.72 bits per heavy atom. The second-order valence-electron chi connectivity index (χ2n) is 4.31. The summed E-state index contributed by atoms with van der Waals surface area (Å²) in [6, 6.07) is 14.0. The smallest absolute Gasteiger partial charge is 0.206 e. The minimum absolute atomic E-state index is 0.345. The van der Waals surface area contributed by atoms with Gasteiger partial charge in [-0.2, -0.15) is 0 Å². The van der Waals surface area contributed by atoms with Crippen molar-refractivity contribution in [2.45, 2.75) is 23.5 Å². The van der Waals surface area contributed by atoms with Crippen molar-refractivity contribution in [1.29, 1.82) is 0 Å². The first-order valence-corrected chi connectivity index (χ1v) is 7.43. The Balaban J connectivity index is 2.44. The standard InChI is InChI=1S/C14H15BO2S/c1-11-3-7-13(8-4-11)18(16,17)14-9-5-12(15-2)6-10-14/h3-10,15H,1-2H3. The van der Waals surface area contributed by atoms with Gasteiger partial charge in [0.1, 0.15) is 0 Å². The molecule has 0 saturated heterocycles. The Kier molecular flexibility index (Phi) is 3.57. The fourth-order valence-electron chi connectivity index (χ4n) is 1.76. The lowest BCUT2D eigenvalue weighted by atomic mass is 9.74. The van der Waals surface area contributed by atoms with Crippen molar-refractivity contribution >= 4 is 22.6 Å². The van der Waals surface area contributed by atoms with Crippen molar-refractivity contribution < 1.29 is 8.42 Å². The van der Waals surface area contributed by atoms with Gasteiger partial charge in [0.25, 0.3) is 0 Å². The number of benzene rings is 2. The summed E-state index contributed by atoms with van der Waals surface area (Å²) in [5.74, 6) is 0. The Labute approximate surface area is 109 Å². The number of hydrogen-bond donors (Lipinski definition) is 0. The van der Waals surface area contributed by atoms with Crippen LogP contribution < -0.4 is 5.46 Å². The highest BCUT2D eigenvalue weighted by Crippen LogP contribution is 2.20. The first-order chi connectivity index (χ1) is 8.54. The van der Waals surface area contributed by atoms with Crippen LogP contribution in [0.5, 0.6) is 0 Å². The molecule has 0 heterocycles. The zero-order chi connectivity index (χ0) is 13.2. The van der Waals surface area contributed by atoms with E-state index < -0.39 is 9.84 Å². The molecule has 0 bridgehead atoms. The molecular weight excluding hydrogens is 243 g/mol. The van der Waals surface area contributed by atoms with Crippen LogP contribution >= 0.6 is 0 Å². The van der Waals surface area contributed by atoms with Crippen LogP contribution in [-0.2, 0) is 9.84 Å². The summed E-state index contributed by atoms with van der Waals surface area (Å²) in [5, 5.41) is 0. The van der Waals surface area contributed by atoms with Crippen LogP contribution in [0.15, 0.2) is 58.3 Å². The minimum Gasteiger partial charge on any atom is -0.219 e. The summed E-state index contributed by atoms with van der Waals surface area (Å²) in [6.07, 6.45) is 0. The molecule has 92 valence electrons. The molecule has 0 fully saturated rings. The molecule has 4 heteroatoms. The highest BCUT2D eigenvalue weighted by molar-refractivity contribution is 7.91. The van der Waals surface area contributed by atoms with Crippen LogP contribution in [0.3, 0.4) is 0 Å². The molecule has 0 saturated carbocycles. The second kappa shape index (κ2) is 4.98. The molecular formula is C14H15BO2S. The highest BCUT2D eigenvalue weighted by atomic mass is 32.2. The Hall–Kier alpha value is -1.55. The Morgan fingerprint density at radius 1 is 0.833 bits per heavy atom. The van der Waals surface area contributed by atoms with E-state index in [9.17, 15) is 8.42 Å². The molecule has 2 aromatic carbocycles. The van der Waals surface area contributed by atoms with Crippen LogP contribution in [-0.4, -0.2) is 15.7 Å². The minimum atomic E-state index is -3.38. The van der Waals surface area contributed by atoms with Crippen LogP contribution in [0.1, 0.15) is 5.56 Å². The molecule has 0 unspecified atom stereocenters. The van der Waals surface area contributed by atoms with Gasteiger partial charge in [0, 0.05) is 0 Å². The second-order valence-corrected chi connectivity index (χ2v) is 6.26. The fraction of sp³-hybridized carbons (Fsp3) is 0.143. The first-order valence-electron chi connectivity index (χ1n) is 5.94. The van der Waals surface area contributed by atoms with Crippen molar-refractivity contribution in [3.63, 3.8) is 0 Å². The monoisotopic (exact) mass is 258 g/mol. The zero-order valence-corrected chi connectivity index (χ0v) is 11.4. The summed E-state index contributed by atoms with van der Waals surface area (Å²) in [6.45, 7) is 3.98. The molecule has 0 amide bonds. The first kappa shape index (κ1) is 12.9. The van der Waals surface area contributed by atoms with Gasteiger partial charge in [-0.3, -0.25) is 0 Å². The van der Waals surface area contributed by atoms with Crippen LogP contribution in [0, 0.1) is 6.92 Å². The molecule has 0 aliphatic rings. The number of hydrogen-bond acceptors (Lipinski definition) is 2. The average Bonchev–Trinajstić information content (AvgIpc) is 2.39. The normalized spacial score (nSPS) is 11.2. The summed E-state index contributed by atoms with van der Waals surface area (Å²) in [4.78, 5) is 0.695. The maximum absolute atomic E-state index is 12.3. The third-order valence-electron chi connectivity index (χ3n) is 2.97. The lowest BCUT2D eigenvalue weighted by molar-refractivity contribution is 0.596. The molecule has 2 rings (SSSR count). The van der Waals surface area contributed by atoms with Crippen molar-refractivity contribution in [2.75, 3.05) is 0 Å². The third kappa shape index (κ3) is 2.48. The van der Waals surface area contributed by atoms with E-state index in [-0.39, 0.29) is 0 Å². The van der Waals surface area contributed by atoms with Gasteiger partial charge >= 0.3 is 0 Å². The zero-order valence-electron chi connectivity index (χ0n) is 10.6. The third-order valence-corrected chi connectivity index (χ3v) is 4.76. The van der Waals surface area contributed by atoms with Crippen molar-refractivity contribution in [3.8, 4) is 0 Å². The van der Waals surface area contributed by atoms with Gasteiger partial charge in [-0.1, -0.05) is 42.1 Å². The van der Waals surface area contributed by atoms with Gasteiger partial charge in [0.2, 0.25) is 9.84 Å². The molecule has 2 aromatic rings. The largest absolute Gasteiger partial charge is 0.219 e. The predicted molar refractivity (Wildman–Crippen MR) is 75.7 cm³/mol. The van der Waals surface area contributed by atoms with Crippen molar-refractivity contribution in [3.05, 3.63) is 54.1 Å². The van der Waals surface area contributed by atoms with Crippen molar-refractivity contribution in [1.82, 2.24) is 0 Å². The molecule has 0 radical (unpaired) electrons. The predicted octanol–water partition coefficient (Wildman–Crippen LogP) is 1.94. The van der Waals surface area contributed by atoms with Gasteiger partial charge in [-0.15, -0.1) is 0 Å². The number of rotatable bonds is 3. The summed E-state index contributed by atoms with van der Waals surface area (Å²) >= 11 is 0. The molecule has 0 N–H and O–H groups in total. The summed E-state index contributed by atoms with van der Waals surface area (Å²) < 4.78 is 24.7. The molecule has 0 aliphatic carbocycles. The number of sulfone groups is 1. The van der Waals surface area contributed by atoms with E-state index in [4.69, 9.17) is 0 Å². The van der Waals surface area contributed by atoms with Crippen LogP contribution in [0.25, 0.3) is 0 Å². The molecule has 18 heavy (non-hydrogen) atoms. The average molecular weight is 258 g/mol. The lowest BCUT2D eigenvalue weighted by Crippen LogP contribution is -2.11. The van der Waals surface area contributed by atoms with Gasteiger partial charge < -0.3 is 0 Å². The van der Waals surface area contributed by atoms with Gasteiger partial charge in [0.05, 0.1) is 9.79 Å². The van der Waals surface area contributed by atoms with E-state index in [1.54, 1.807) is 24.3 Å². The molecule has 0 aliphatic heterocycles. The van der Waals surface area contributed by atoms with Crippen molar-refractivity contribution in [2.24, 2.45) is 0 Å². The Bertz CT molecular complexity index is 628. The molecule has 2 nitrogen and oxygen atoms in total. The number of aryl methyl sites for hydroxylation is 1. The molecule has 0 aromatic heterocycles.